The van der Waals surface area contributed by atoms with E-state index in [4.69, 9.17) is 24.6 Å². The number of nitrogens with one attached hydrogen (secondary N) is 1. The molecule has 1 aliphatic rings. The van der Waals surface area contributed by atoms with Crippen LogP contribution in [-0.4, -0.2) is 54.2 Å². The van der Waals surface area contributed by atoms with E-state index in [9.17, 15) is 19.7 Å². The molecule has 0 radical (unpaired) electrons. The first-order valence-electron chi connectivity index (χ1n) is 12.6. The number of carbonyl (C=O) groups is 1. The molecule has 4 rings (SSSR count). The number of benzene rings is 2. The first-order valence-corrected chi connectivity index (χ1v) is 13.8. The van der Waals surface area contributed by atoms with Gasteiger partial charge < -0.3 is 19.5 Å². The van der Waals surface area contributed by atoms with Crippen molar-refractivity contribution in [3.8, 4) is 28.4 Å². The maximum Gasteiger partial charge on any atom is 0.287 e. The Bertz CT molecular complexity index is 1580. The number of methoxy groups -OCH3 is 3. The van der Waals surface area contributed by atoms with Crippen LogP contribution in [0.3, 0.4) is 0 Å². The number of nitro benzene ring substituents is 1. The van der Waals surface area contributed by atoms with Crippen LogP contribution in [0, 0.1) is 10.1 Å². The predicted octanol–water partition coefficient (Wildman–Crippen LogP) is 4.30. The molecule has 0 fully saturated rings. The normalized spacial score (nSPS) is 13.9. The molecule has 1 amide bonds. The summed E-state index contributed by atoms with van der Waals surface area (Å²) < 4.78 is 16.9. The van der Waals surface area contributed by atoms with Gasteiger partial charge in [-0.1, -0.05) is 12.1 Å². The highest BCUT2D eigenvalue weighted by Gasteiger charge is 2.32. The van der Waals surface area contributed by atoms with Crippen LogP contribution in [0.1, 0.15) is 39.5 Å². The highest BCUT2D eigenvalue weighted by molar-refractivity contribution is 7.98. The van der Waals surface area contributed by atoms with Crippen molar-refractivity contribution in [1.29, 1.82) is 0 Å². The lowest BCUT2D eigenvalue weighted by molar-refractivity contribution is -0.497. The van der Waals surface area contributed by atoms with Gasteiger partial charge in [-0.15, -0.1) is 11.8 Å². The van der Waals surface area contributed by atoms with Crippen LogP contribution in [0.25, 0.3) is 11.1 Å². The van der Waals surface area contributed by atoms with Crippen molar-refractivity contribution >= 4 is 23.4 Å². The van der Waals surface area contributed by atoms with Gasteiger partial charge in [-0.2, -0.15) is 0 Å². The minimum absolute atomic E-state index is 0.0591. The number of nitro groups is 1. The zero-order valence-electron chi connectivity index (χ0n) is 23.2. The van der Waals surface area contributed by atoms with Gasteiger partial charge in [-0.25, -0.2) is 4.84 Å². The van der Waals surface area contributed by atoms with Gasteiger partial charge in [0, 0.05) is 5.56 Å². The maximum absolute atomic E-state index is 13.6. The number of para-hydroxylation sites is 1. The van der Waals surface area contributed by atoms with E-state index in [0.29, 0.717) is 51.7 Å². The summed E-state index contributed by atoms with van der Waals surface area (Å²) in [6, 6.07) is 10.1. The molecule has 0 saturated carbocycles. The second-order valence-electron chi connectivity index (χ2n) is 9.12. The molecular formula is C28H29N3O10S. The molecule has 42 heavy (non-hydrogen) atoms. The number of amides is 1. The molecule has 0 unspecified atom stereocenters. The molecule has 1 aliphatic carbocycles. The molecule has 3 aromatic rings. The fourth-order valence-electron chi connectivity index (χ4n) is 5.09. The Labute approximate surface area is 244 Å². The zero-order chi connectivity index (χ0) is 30.6. The van der Waals surface area contributed by atoms with E-state index in [1.807, 2.05) is 6.07 Å². The molecule has 0 aliphatic heterocycles. The SMILES string of the molecule is COc1cc2c(c(OC)c1OC)-c1ccc(SC)c(=O)cc1[C@@H](NC(=O)c1cccc(CON(O)O)c1[N+](=O)[O-])CC2. The highest BCUT2D eigenvalue weighted by atomic mass is 32.2. The van der Waals surface area contributed by atoms with E-state index in [2.05, 4.69) is 10.2 Å². The third-order valence-electron chi connectivity index (χ3n) is 6.91. The van der Waals surface area contributed by atoms with E-state index < -0.39 is 34.6 Å². The zero-order valence-corrected chi connectivity index (χ0v) is 24.0. The van der Waals surface area contributed by atoms with Crippen LogP contribution in [-0.2, 0) is 17.9 Å². The molecule has 13 nitrogen and oxygen atoms in total. The van der Waals surface area contributed by atoms with Crippen molar-refractivity contribution < 1.29 is 39.2 Å². The fourth-order valence-corrected chi connectivity index (χ4v) is 5.55. The number of nitrogens with zero attached hydrogens (tertiary/aromatic N) is 2. The van der Waals surface area contributed by atoms with Crippen molar-refractivity contribution in [2.24, 2.45) is 0 Å². The predicted molar refractivity (Wildman–Crippen MR) is 151 cm³/mol. The van der Waals surface area contributed by atoms with Gasteiger partial charge in [-0.05, 0) is 66.1 Å². The van der Waals surface area contributed by atoms with Crippen LogP contribution in [0.2, 0.25) is 0 Å². The Hall–Kier alpha value is -4.21. The molecule has 14 heteroatoms. The topological polar surface area (TPSA) is 170 Å². The molecule has 3 N–H and O–H groups in total. The van der Waals surface area contributed by atoms with Gasteiger partial charge in [0.15, 0.2) is 16.9 Å². The Morgan fingerprint density at radius 3 is 2.48 bits per heavy atom. The Kier molecular flexibility index (Phi) is 9.65. The average Bonchev–Trinajstić information content (AvgIpc) is 3.22. The number of rotatable bonds is 10. The van der Waals surface area contributed by atoms with Gasteiger partial charge in [-0.3, -0.25) is 30.1 Å². The van der Waals surface area contributed by atoms with Gasteiger partial charge in [0.25, 0.3) is 11.6 Å². The fraction of sp³-hybridized carbons (Fsp3) is 0.286. The summed E-state index contributed by atoms with van der Waals surface area (Å²) in [5, 5.41) is 32.1. The quantitative estimate of drug-likeness (QED) is 0.172. The summed E-state index contributed by atoms with van der Waals surface area (Å²) in [6.07, 6.45) is 2.55. The number of carbonyl (C=O) groups excluding carboxylic acids is 1. The smallest absolute Gasteiger partial charge is 0.287 e. The van der Waals surface area contributed by atoms with Crippen molar-refractivity contribution in [1.82, 2.24) is 10.7 Å². The second-order valence-corrected chi connectivity index (χ2v) is 9.97. The summed E-state index contributed by atoms with van der Waals surface area (Å²) in [7, 11) is 4.50. The van der Waals surface area contributed by atoms with Crippen molar-refractivity contribution in [3.05, 3.63) is 85.1 Å². The first kappa shape index (κ1) is 30.7. The van der Waals surface area contributed by atoms with Crippen molar-refractivity contribution in [2.75, 3.05) is 27.6 Å². The monoisotopic (exact) mass is 599 g/mol. The van der Waals surface area contributed by atoms with Gasteiger partial charge in [0.05, 0.1) is 48.1 Å². The lowest BCUT2D eigenvalue weighted by Gasteiger charge is -2.20. The van der Waals surface area contributed by atoms with E-state index >= 15 is 0 Å². The lowest BCUT2D eigenvalue weighted by Crippen LogP contribution is -2.30. The Balaban J connectivity index is 1.88. The molecule has 0 heterocycles. The molecular weight excluding hydrogens is 570 g/mol. The third-order valence-corrected chi connectivity index (χ3v) is 7.69. The number of hydrogen-bond donors (Lipinski definition) is 3. The number of fused-ring (bicyclic) bond motifs is 3. The van der Waals surface area contributed by atoms with E-state index in [0.717, 1.165) is 5.56 Å². The third kappa shape index (κ3) is 6.03. The number of aryl methyl sites for hydroxylation is 1. The first-order chi connectivity index (χ1) is 20.1. The molecule has 0 bridgehead atoms. The second kappa shape index (κ2) is 13.2. The minimum Gasteiger partial charge on any atom is -0.493 e. The number of ether oxygens (including phenoxy) is 3. The largest absolute Gasteiger partial charge is 0.493 e. The van der Waals surface area contributed by atoms with Gasteiger partial charge in [0.1, 0.15) is 12.2 Å². The summed E-state index contributed by atoms with van der Waals surface area (Å²) in [5.74, 6) is 0.451. The average molecular weight is 600 g/mol. The van der Waals surface area contributed by atoms with Crippen LogP contribution in [0.15, 0.2) is 52.2 Å². The van der Waals surface area contributed by atoms with Crippen LogP contribution < -0.4 is 25.0 Å². The van der Waals surface area contributed by atoms with E-state index in [-0.39, 0.29) is 16.6 Å². The maximum atomic E-state index is 13.6. The Morgan fingerprint density at radius 2 is 1.86 bits per heavy atom. The summed E-state index contributed by atoms with van der Waals surface area (Å²) >= 11 is 1.28. The minimum atomic E-state index is -0.763. The van der Waals surface area contributed by atoms with E-state index in [1.54, 1.807) is 18.4 Å². The molecule has 3 aromatic carbocycles. The highest BCUT2D eigenvalue weighted by Crippen LogP contribution is 2.50. The van der Waals surface area contributed by atoms with Crippen LogP contribution >= 0.6 is 11.8 Å². The number of hydrogen-bond acceptors (Lipinski definition) is 12. The van der Waals surface area contributed by atoms with Crippen LogP contribution in [0.5, 0.6) is 17.2 Å². The molecule has 222 valence electrons. The van der Waals surface area contributed by atoms with Crippen LogP contribution in [0.4, 0.5) is 5.69 Å². The summed E-state index contributed by atoms with van der Waals surface area (Å²) in [4.78, 5) is 43.1. The standard InChI is InChI=1S/C28H29N3O10S/c1-38-22-12-15-8-10-20(29-28(33)18-7-5-6-16(14-41-31(36)37)25(18)30(34)35)19-13-21(32)23(42-4)11-9-17(19)24(15)27(40-3)26(22)39-2/h5-7,9,11-13,20,36-37H,8,10,14H2,1-4H3,(H,29,33)/t20-/m0/s1. The number of thioether (sulfide) groups is 1. The molecule has 0 spiro atoms. The van der Waals surface area contributed by atoms with Crippen molar-refractivity contribution in [3.63, 3.8) is 0 Å². The van der Waals surface area contributed by atoms with Gasteiger partial charge >= 0.3 is 0 Å². The molecule has 0 saturated heterocycles. The molecule has 1 atom stereocenters. The Morgan fingerprint density at radius 1 is 1.12 bits per heavy atom. The van der Waals surface area contributed by atoms with Gasteiger partial charge in [0.2, 0.25) is 5.75 Å². The van der Waals surface area contributed by atoms with Crippen molar-refractivity contribution in [2.45, 2.75) is 30.4 Å². The van der Waals surface area contributed by atoms with E-state index in [1.165, 1.54) is 57.4 Å². The summed E-state index contributed by atoms with van der Waals surface area (Å²) in [5.41, 5.74) is 1.48. The summed E-state index contributed by atoms with van der Waals surface area (Å²) in [6.45, 7) is -0.581. The molecule has 0 aromatic heterocycles. The lowest BCUT2D eigenvalue weighted by atomic mass is 9.95.